The average Bonchev–Trinajstić information content (AvgIpc) is 2.94. The van der Waals surface area contributed by atoms with Gasteiger partial charge in [-0.05, 0) is 48.7 Å². The Kier molecular flexibility index (Phi) is 5.00. The second kappa shape index (κ2) is 6.90. The molecule has 0 saturated carbocycles. The van der Waals surface area contributed by atoms with Crippen LogP contribution >= 0.6 is 0 Å². The van der Waals surface area contributed by atoms with E-state index in [4.69, 9.17) is 0 Å². The van der Waals surface area contributed by atoms with Gasteiger partial charge in [0.1, 0.15) is 0 Å². The molecule has 0 amide bonds. The van der Waals surface area contributed by atoms with E-state index in [0.29, 0.717) is 11.4 Å². The van der Waals surface area contributed by atoms with Crippen LogP contribution in [0.2, 0.25) is 0 Å². The van der Waals surface area contributed by atoms with Gasteiger partial charge in [0.2, 0.25) is 10.0 Å². The SMILES string of the molecule is CN1CCC(C)(CN(C)S(=O)(=O)c2ccc(-c3ccccc3)cc2)C1. The van der Waals surface area contributed by atoms with Gasteiger partial charge in [-0.2, -0.15) is 0 Å². The van der Waals surface area contributed by atoms with Crippen molar-refractivity contribution in [2.45, 2.75) is 18.2 Å². The first-order valence-electron chi connectivity index (χ1n) is 8.61. The van der Waals surface area contributed by atoms with Crippen LogP contribution in [-0.2, 0) is 10.0 Å². The summed E-state index contributed by atoms with van der Waals surface area (Å²) in [6, 6.07) is 17.1. The first-order chi connectivity index (χ1) is 11.8. The summed E-state index contributed by atoms with van der Waals surface area (Å²) in [5.74, 6) is 0. The zero-order valence-corrected chi connectivity index (χ0v) is 16.0. The van der Waals surface area contributed by atoms with E-state index in [9.17, 15) is 8.42 Å². The van der Waals surface area contributed by atoms with E-state index in [1.165, 1.54) is 4.31 Å². The molecule has 1 unspecified atom stereocenters. The van der Waals surface area contributed by atoms with Gasteiger partial charge in [0.15, 0.2) is 0 Å². The standard InChI is InChI=1S/C20H26N2O2S/c1-20(13-14-21(2)15-20)16-22(3)25(23,24)19-11-9-18(10-12-19)17-7-5-4-6-8-17/h4-12H,13-16H2,1-3H3. The van der Waals surface area contributed by atoms with E-state index in [1.54, 1.807) is 19.2 Å². The molecule has 1 aliphatic heterocycles. The third-order valence-electron chi connectivity index (χ3n) is 5.02. The summed E-state index contributed by atoms with van der Waals surface area (Å²) in [7, 11) is 0.304. The second-order valence-corrected chi connectivity index (χ2v) is 9.49. The molecule has 3 rings (SSSR count). The van der Waals surface area contributed by atoms with Gasteiger partial charge in [-0.15, -0.1) is 0 Å². The number of hydrogen-bond acceptors (Lipinski definition) is 3. The molecule has 1 aliphatic rings. The number of nitrogens with zero attached hydrogens (tertiary/aromatic N) is 2. The molecule has 2 aromatic rings. The van der Waals surface area contributed by atoms with E-state index in [1.807, 2.05) is 42.5 Å². The van der Waals surface area contributed by atoms with E-state index in [-0.39, 0.29) is 5.41 Å². The van der Waals surface area contributed by atoms with Crippen molar-refractivity contribution in [3.05, 3.63) is 54.6 Å². The molecule has 4 nitrogen and oxygen atoms in total. The summed E-state index contributed by atoms with van der Waals surface area (Å²) in [5.41, 5.74) is 2.12. The fourth-order valence-electron chi connectivity index (χ4n) is 3.65. The number of likely N-dealkylation sites (tertiary alicyclic amines) is 1. The van der Waals surface area contributed by atoms with Crippen molar-refractivity contribution in [1.82, 2.24) is 9.21 Å². The Bertz CT molecular complexity index is 819. The van der Waals surface area contributed by atoms with E-state index < -0.39 is 10.0 Å². The Morgan fingerprint density at radius 1 is 1.04 bits per heavy atom. The number of sulfonamides is 1. The maximum atomic E-state index is 12.9. The summed E-state index contributed by atoms with van der Waals surface area (Å²) in [5, 5.41) is 0. The second-order valence-electron chi connectivity index (χ2n) is 7.45. The highest BCUT2D eigenvalue weighted by atomic mass is 32.2. The molecule has 0 radical (unpaired) electrons. The molecule has 25 heavy (non-hydrogen) atoms. The fourth-order valence-corrected chi connectivity index (χ4v) is 4.97. The van der Waals surface area contributed by atoms with E-state index in [2.05, 4.69) is 18.9 Å². The zero-order valence-electron chi connectivity index (χ0n) is 15.1. The van der Waals surface area contributed by atoms with Crippen molar-refractivity contribution in [3.8, 4) is 11.1 Å². The largest absolute Gasteiger partial charge is 0.306 e. The average molecular weight is 359 g/mol. The monoisotopic (exact) mass is 358 g/mol. The maximum absolute atomic E-state index is 12.9. The molecule has 1 heterocycles. The molecule has 0 spiro atoms. The van der Waals surface area contributed by atoms with Gasteiger partial charge in [-0.1, -0.05) is 49.4 Å². The van der Waals surface area contributed by atoms with E-state index in [0.717, 1.165) is 30.6 Å². The van der Waals surface area contributed by atoms with Crippen LogP contribution in [0.1, 0.15) is 13.3 Å². The molecule has 5 heteroatoms. The van der Waals surface area contributed by atoms with Crippen LogP contribution in [-0.4, -0.2) is 51.4 Å². The Labute approximate surface area is 151 Å². The van der Waals surface area contributed by atoms with Gasteiger partial charge < -0.3 is 4.90 Å². The molecular weight excluding hydrogens is 332 g/mol. The van der Waals surface area contributed by atoms with Crippen LogP contribution in [0.4, 0.5) is 0 Å². The molecule has 1 fully saturated rings. The van der Waals surface area contributed by atoms with Gasteiger partial charge in [0, 0.05) is 20.1 Å². The Hall–Kier alpha value is -1.69. The fraction of sp³-hybridized carbons (Fsp3) is 0.400. The lowest BCUT2D eigenvalue weighted by molar-refractivity contribution is 0.255. The normalized spacial score (nSPS) is 21.8. The molecule has 0 N–H and O–H groups in total. The summed E-state index contributed by atoms with van der Waals surface area (Å²) >= 11 is 0. The minimum absolute atomic E-state index is 0.0144. The molecule has 2 aromatic carbocycles. The first kappa shape index (κ1) is 18.1. The predicted octanol–water partition coefficient (Wildman–Crippen LogP) is 3.32. The van der Waals surface area contributed by atoms with Crippen molar-refractivity contribution in [1.29, 1.82) is 0 Å². The van der Waals surface area contributed by atoms with Crippen LogP contribution in [0, 0.1) is 5.41 Å². The Morgan fingerprint density at radius 3 is 2.20 bits per heavy atom. The van der Waals surface area contributed by atoms with Crippen molar-refractivity contribution >= 4 is 10.0 Å². The number of hydrogen-bond donors (Lipinski definition) is 0. The van der Waals surface area contributed by atoms with Crippen molar-refractivity contribution in [3.63, 3.8) is 0 Å². The third kappa shape index (κ3) is 3.94. The van der Waals surface area contributed by atoms with E-state index >= 15 is 0 Å². The van der Waals surface area contributed by atoms with Gasteiger partial charge in [0.25, 0.3) is 0 Å². The summed E-state index contributed by atoms with van der Waals surface area (Å²) < 4.78 is 27.3. The number of benzene rings is 2. The van der Waals surface area contributed by atoms with Gasteiger partial charge >= 0.3 is 0 Å². The van der Waals surface area contributed by atoms with Crippen molar-refractivity contribution in [2.24, 2.45) is 5.41 Å². The van der Waals surface area contributed by atoms with Crippen molar-refractivity contribution in [2.75, 3.05) is 33.7 Å². The summed E-state index contributed by atoms with van der Waals surface area (Å²) in [4.78, 5) is 2.61. The van der Waals surface area contributed by atoms with Gasteiger partial charge in [-0.25, -0.2) is 12.7 Å². The molecule has 0 aliphatic carbocycles. The minimum atomic E-state index is -3.47. The molecular formula is C20H26N2O2S. The molecule has 0 bridgehead atoms. The van der Waals surface area contributed by atoms with Gasteiger partial charge in [-0.3, -0.25) is 0 Å². The lowest BCUT2D eigenvalue weighted by Gasteiger charge is -2.29. The molecule has 0 aromatic heterocycles. The van der Waals surface area contributed by atoms with Crippen LogP contribution < -0.4 is 0 Å². The van der Waals surface area contributed by atoms with Crippen LogP contribution in [0.25, 0.3) is 11.1 Å². The summed E-state index contributed by atoms with van der Waals surface area (Å²) in [6.07, 6.45) is 1.02. The molecule has 1 saturated heterocycles. The Balaban J connectivity index is 1.78. The summed E-state index contributed by atoms with van der Waals surface area (Å²) in [6.45, 7) is 4.66. The topological polar surface area (TPSA) is 40.6 Å². The van der Waals surface area contributed by atoms with Crippen LogP contribution in [0.3, 0.4) is 0 Å². The highest BCUT2D eigenvalue weighted by Gasteiger charge is 2.36. The quantitative estimate of drug-likeness (QED) is 0.823. The van der Waals surface area contributed by atoms with Crippen LogP contribution in [0.15, 0.2) is 59.5 Å². The Morgan fingerprint density at radius 2 is 1.64 bits per heavy atom. The lowest BCUT2D eigenvalue weighted by Crippen LogP contribution is -2.38. The van der Waals surface area contributed by atoms with Crippen LogP contribution in [0.5, 0.6) is 0 Å². The smallest absolute Gasteiger partial charge is 0.242 e. The minimum Gasteiger partial charge on any atom is -0.306 e. The molecule has 134 valence electrons. The predicted molar refractivity (Wildman–Crippen MR) is 102 cm³/mol. The third-order valence-corrected chi connectivity index (χ3v) is 6.84. The molecule has 1 atom stereocenters. The number of rotatable bonds is 5. The van der Waals surface area contributed by atoms with Crippen molar-refractivity contribution < 1.29 is 8.42 Å². The zero-order chi connectivity index (χ0) is 18.1. The van der Waals surface area contributed by atoms with Gasteiger partial charge in [0.05, 0.1) is 4.90 Å². The maximum Gasteiger partial charge on any atom is 0.242 e. The lowest BCUT2D eigenvalue weighted by atomic mass is 9.90. The first-order valence-corrected chi connectivity index (χ1v) is 10.0. The highest BCUT2D eigenvalue weighted by Crippen LogP contribution is 2.31. The highest BCUT2D eigenvalue weighted by molar-refractivity contribution is 7.89.